The van der Waals surface area contributed by atoms with Gasteiger partial charge in [0.15, 0.2) is 12.3 Å². The van der Waals surface area contributed by atoms with E-state index in [1.54, 1.807) is 37.3 Å². The monoisotopic (exact) mass is 634 g/mol. The predicted molar refractivity (Wildman–Crippen MR) is 168 cm³/mol. The molecule has 246 valence electrons. The number of esters is 1. The van der Waals surface area contributed by atoms with E-state index >= 15 is 0 Å². The number of methoxy groups -OCH3 is 1. The van der Waals surface area contributed by atoms with Crippen LogP contribution in [0.4, 0.5) is 0 Å². The lowest BCUT2D eigenvalue weighted by molar-refractivity contribution is -0.156. The molecule has 0 radical (unpaired) electrons. The Morgan fingerprint density at radius 3 is 2.50 bits per heavy atom. The van der Waals surface area contributed by atoms with Crippen LogP contribution >= 0.6 is 0 Å². The zero-order chi connectivity index (χ0) is 32.8. The summed E-state index contributed by atoms with van der Waals surface area (Å²) < 4.78 is 18.0. The summed E-state index contributed by atoms with van der Waals surface area (Å²) in [7, 11) is 1.56. The normalized spacial score (nSPS) is 18.6. The molecule has 0 saturated carbocycles. The van der Waals surface area contributed by atoms with Crippen molar-refractivity contribution in [2.45, 2.75) is 39.0 Å². The molecule has 1 aromatic heterocycles. The molecule has 5 rings (SSSR count). The van der Waals surface area contributed by atoms with Gasteiger partial charge in [0.1, 0.15) is 5.75 Å². The third-order valence-electron chi connectivity index (χ3n) is 7.73. The van der Waals surface area contributed by atoms with Crippen molar-refractivity contribution >= 4 is 23.7 Å². The summed E-state index contributed by atoms with van der Waals surface area (Å²) in [5.41, 5.74) is 0.699. The Bertz CT molecular complexity index is 1450. The number of carbonyl (C=O) groups excluding carboxylic acids is 4. The molecular formula is C33H42N6O7. The minimum Gasteiger partial charge on any atom is -0.484 e. The Morgan fingerprint density at radius 2 is 1.76 bits per heavy atom. The molecule has 0 saturated heterocycles. The van der Waals surface area contributed by atoms with Crippen molar-refractivity contribution in [2.75, 3.05) is 53.1 Å². The van der Waals surface area contributed by atoms with Gasteiger partial charge in [-0.15, -0.1) is 5.10 Å². The standard InChI is InChI=1S/C33H42N6O7/c1-3-45-32(43)33(16-20-44-2)21-25-12-14-27(15-13-25)46-23-30(41)34-17-8-19-38(18-7-11-29(40)35-24-33)31(42)28-22-39(37-36-28)26-9-5-4-6-10-26/h4-6,9-10,12-15,22H,3,7-8,11,16-21,23-24H2,1-2H3,(H,34,41)(H,35,40). The summed E-state index contributed by atoms with van der Waals surface area (Å²) in [5.74, 6) is -0.797. The maximum atomic E-state index is 13.5. The van der Waals surface area contributed by atoms with Crippen LogP contribution in [0.15, 0.2) is 60.8 Å². The summed E-state index contributed by atoms with van der Waals surface area (Å²) >= 11 is 0. The third-order valence-corrected chi connectivity index (χ3v) is 7.73. The predicted octanol–water partition coefficient (Wildman–Crippen LogP) is 2.33. The number of aromatic nitrogens is 3. The van der Waals surface area contributed by atoms with E-state index in [1.165, 1.54) is 4.68 Å². The van der Waals surface area contributed by atoms with Crippen molar-refractivity contribution in [1.29, 1.82) is 0 Å². The number of amides is 3. The number of hydrogen-bond acceptors (Lipinski definition) is 9. The fraction of sp³-hybridized carbons (Fsp3) is 0.455. The second-order valence-corrected chi connectivity index (χ2v) is 11.1. The summed E-state index contributed by atoms with van der Waals surface area (Å²) in [6, 6.07) is 16.5. The lowest BCUT2D eigenvalue weighted by atomic mass is 9.78. The molecule has 1 atom stereocenters. The zero-order valence-electron chi connectivity index (χ0n) is 26.4. The number of carbonyl (C=O) groups is 4. The van der Waals surface area contributed by atoms with Gasteiger partial charge in [0.2, 0.25) is 5.91 Å². The highest BCUT2D eigenvalue weighted by molar-refractivity contribution is 5.92. The van der Waals surface area contributed by atoms with Gasteiger partial charge in [0.05, 0.1) is 23.9 Å². The molecule has 13 nitrogen and oxygen atoms in total. The first-order valence-electron chi connectivity index (χ1n) is 15.5. The average molecular weight is 635 g/mol. The van der Waals surface area contributed by atoms with Gasteiger partial charge in [0, 0.05) is 46.3 Å². The van der Waals surface area contributed by atoms with Crippen molar-refractivity contribution in [3.05, 3.63) is 72.1 Å². The lowest BCUT2D eigenvalue weighted by Crippen LogP contribution is -2.46. The fourth-order valence-electron chi connectivity index (χ4n) is 5.19. The number of para-hydroxylation sites is 1. The van der Waals surface area contributed by atoms with Gasteiger partial charge in [-0.05, 0) is 62.4 Å². The molecule has 3 amide bonds. The highest BCUT2D eigenvalue weighted by Crippen LogP contribution is 2.30. The van der Waals surface area contributed by atoms with Gasteiger partial charge >= 0.3 is 5.97 Å². The maximum absolute atomic E-state index is 13.5. The molecule has 2 aliphatic heterocycles. The van der Waals surface area contributed by atoms with E-state index < -0.39 is 11.4 Å². The van der Waals surface area contributed by atoms with E-state index in [1.807, 2.05) is 42.5 Å². The molecule has 0 aliphatic carbocycles. The third kappa shape index (κ3) is 9.61. The molecule has 2 aliphatic rings. The first kappa shape index (κ1) is 34.1. The summed E-state index contributed by atoms with van der Waals surface area (Å²) in [4.78, 5) is 54.0. The minimum atomic E-state index is -1.07. The molecule has 2 aromatic carbocycles. The Morgan fingerprint density at radius 1 is 1.00 bits per heavy atom. The Kier molecular flexibility index (Phi) is 12.6. The zero-order valence-corrected chi connectivity index (χ0v) is 26.4. The molecule has 3 heterocycles. The van der Waals surface area contributed by atoms with Crippen molar-refractivity contribution in [1.82, 2.24) is 30.5 Å². The van der Waals surface area contributed by atoms with Crippen molar-refractivity contribution < 1.29 is 33.4 Å². The fourth-order valence-corrected chi connectivity index (χ4v) is 5.19. The molecule has 13 heteroatoms. The van der Waals surface area contributed by atoms with Gasteiger partial charge in [0.25, 0.3) is 11.8 Å². The van der Waals surface area contributed by atoms with Gasteiger partial charge in [-0.1, -0.05) is 35.5 Å². The van der Waals surface area contributed by atoms with Gasteiger partial charge in [-0.3, -0.25) is 19.2 Å². The van der Waals surface area contributed by atoms with E-state index in [4.69, 9.17) is 14.2 Å². The van der Waals surface area contributed by atoms with Crippen molar-refractivity contribution in [2.24, 2.45) is 5.41 Å². The minimum absolute atomic E-state index is 0.0533. The summed E-state index contributed by atoms with van der Waals surface area (Å²) in [6.07, 6.45) is 3.17. The SMILES string of the molecule is CCOC(=O)C1(CCOC)CNC(=O)CCCN(C(=O)c2cn(-c3ccccc3)nn2)CCCNC(=O)COc2ccc(cc2)C1. The van der Waals surface area contributed by atoms with E-state index in [2.05, 4.69) is 20.9 Å². The summed E-state index contributed by atoms with van der Waals surface area (Å²) in [6.45, 7) is 3.04. The molecular weight excluding hydrogens is 592 g/mol. The van der Waals surface area contributed by atoms with Crippen LogP contribution in [0.2, 0.25) is 0 Å². The van der Waals surface area contributed by atoms with E-state index in [-0.39, 0.29) is 62.7 Å². The quantitative estimate of drug-likeness (QED) is 0.373. The number of rotatable bonds is 7. The molecule has 2 N–H and O–H groups in total. The second kappa shape index (κ2) is 17.1. The van der Waals surface area contributed by atoms with E-state index in [0.717, 1.165) is 11.3 Å². The highest BCUT2D eigenvalue weighted by Gasteiger charge is 2.40. The first-order chi connectivity index (χ1) is 22.3. The van der Waals surface area contributed by atoms with Crippen LogP contribution in [-0.4, -0.2) is 96.7 Å². The number of benzene rings is 2. The molecule has 2 bridgehead atoms. The van der Waals surface area contributed by atoms with Gasteiger partial charge < -0.3 is 29.7 Å². The smallest absolute Gasteiger partial charge is 0.314 e. The number of hydrogen-bond donors (Lipinski definition) is 2. The number of nitrogens with zero attached hydrogens (tertiary/aromatic N) is 4. The van der Waals surface area contributed by atoms with Crippen LogP contribution in [0.1, 0.15) is 48.7 Å². The van der Waals surface area contributed by atoms with Crippen LogP contribution in [0, 0.1) is 5.41 Å². The van der Waals surface area contributed by atoms with Crippen LogP contribution in [0.25, 0.3) is 5.69 Å². The molecule has 1 unspecified atom stereocenters. The summed E-state index contributed by atoms with van der Waals surface area (Å²) in [5, 5.41) is 14.0. The second-order valence-electron chi connectivity index (χ2n) is 11.1. The molecule has 3 aromatic rings. The largest absolute Gasteiger partial charge is 0.484 e. The number of nitrogens with one attached hydrogen (secondary N) is 2. The van der Waals surface area contributed by atoms with Crippen LogP contribution in [0.3, 0.4) is 0 Å². The van der Waals surface area contributed by atoms with Gasteiger partial charge in [-0.25, -0.2) is 4.68 Å². The molecule has 46 heavy (non-hydrogen) atoms. The van der Waals surface area contributed by atoms with Gasteiger partial charge in [-0.2, -0.15) is 0 Å². The number of ether oxygens (including phenoxy) is 3. The average Bonchev–Trinajstić information content (AvgIpc) is 3.57. The van der Waals surface area contributed by atoms with E-state index in [9.17, 15) is 19.2 Å². The van der Waals surface area contributed by atoms with E-state index in [0.29, 0.717) is 44.5 Å². The maximum Gasteiger partial charge on any atom is 0.314 e. The Hall–Kier alpha value is -4.78. The van der Waals surface area contributed by atoms with Crippen LogP contribution < -0.4 is 15.4 Å². The topological polar surface area (TPSA) is 154 Å². The Labute approximate surface area is 268 Å². The lowest BCUT2D eigenvalue weighted by Gasteiger charge is -2.32. The van der Waals surface area contributed by atoms with Crippen molar-refractivity contribution in [3.63, 3.8) is 0 Å². The molecule has 0 fully saturated rings. The van der Waals surface area contributed by atoms with Crippen LogP contribution in [-0.2, 0) is 30.3 Å². The van der Waals surface area contributed by atoms with Crippen LogP contribution in [0.5, 0.6) is 5.75 Å². The number of fused-ring (bicyclic) bond motifs is 17. The first-order valence-corrected chi connectivity index (χ1v) is 15.5. The highest BCUT2D eigenvalue weighted by atomic mass is 16.5. The molecule has 0 spiro atoms. The van der Waals surface area contributed by atoms with Crippen molar-refractivity contribution in [3.8, 4) is 11.4 Å². The Balaban J connectivity index is 1.52.